The molecule has 7 rings (SSSR count). The number of nitrogens with zero attached hydrogens (tertiary/aromatic N) is 4. The lowest BCUT2D eigenvalue weighted by Crippen LogP contribution is -2.05. The molecule has 0 spiro atoms. The fourth-order valence-electron chi connectivity index (χ4n) is 6.22. The van der Waals surface area contributed by atoms with Crippen molar-refractivity contribution < 1.29 is 35.1 Å². The topological polar surface area (TPSA) is 72.3 Å². The van der Waals surface area contributed by atoms with E-state index in [1.54, 1.807) is 36.7 Å². The number of nitriles is 2. The Hall–Kier alpha value is -6.14. The highest BCUT2D eigenvalue weighted by Crippen LogP contribution is 2.38. The Labute approximate surface area is 264 Å². The summed E-state index contributed by atoms with van der Waals surface area (Å²) >= 11 is 0. The summed E-state index contributed by atoms with van der Waals surface area (Å²) in [6.07, 6.45) is -6.05. The van der Waals surface area contributed by atoms with Crippen molar-refractivity contribution in [3.05, 3.63) is 118 Å². The maximum Gasteiger partial charge on any atom is 0.416 e. The molecule has 0 amide bonds. The molecule has 4 nitrogen and oxygen atoms in total. The van der Waals surface area contributed by atoms with E-state index in [1.807, 2.05) is 0 Å². The summed E-state index contributed by atoms with van der Waals surface area (Å²) in [6.45, 7) is 0. The molecule has 0 saturated carbocycles. The van der Waals surface area contributed by atoms with E-state index in [-0.39, 0.29) is 33.0 Å². The molecule has 0 radical (unpaired) electrons. The lowest BCUT2D eigenvalue weighted by atomic mass is 10.00. The van der Waals surface area contributed by atoms with Crippen LogP contribution in [0.4, 0.5) is 35.1 Å². The van der Waals surface area contributed by atoms with Gasteiger partial charge in [-0.1, -0.05) is 24.3 Å². The summed E-state index contributed by atoms with van der Waals surface area (Å²) in [5, 5.41) is 23.6. The van der Waals surface area contributed by atoms with E-state index < -0.39 is 35.1 Å². The molecule has 7 aromatic carbocycles. The Morgan fingerprint density at radius 2 is 0.792 bits per heavy atom. The Morgan fingerprint density at radius 1 is 0.417 bits per heavy atom. The molecule has 0 atom stereocenters. The van der Waals surface area contributed by atoms with Gasteiger partial charge in [-0.3, -0.25) is 0 Å². The summed E-state index contributed by atoms with van der Waals surface area (Å²) in [7, 11) is 0. The minimum atomic E-state index is -4.78. The fourth-order valence-corrected chi connectivity index (χ4v) is 6.22. The highest BCUT2D eigenvalue weighted by atomic mass is 19.4. The third-order valence-corrected chi connectivity index (χ3v) is 8.24. The van der Waals surface area contributed by atoms with Crippen LogP contribution in [0.3, 0.4) is 0 Å². The molecule has 0 heterocycles. The van der Waals surface area contributed by atoms with Crippen LogP contribution in [0.1, 0.15) is 11.1 Å². The van der Waals surface area contributed by atoms with Crippen LogP contribution in [0.2, 0.25) is 0 Å². The quantitative estimate of drug-likeness (QED) is 0.138. The molecule has 0 bridgehead atoms. The van der Waals surface area contributed by atoms with Gasteiger partial charge in [0.1, 0.15) is 11.6 Å². The molecule has 0 aromatic heterocycles. The van der Waals surface area contributed by atoms with E-state index >= 15 is 0 Å². The molecule has 48 heavy (non-hydrogen) atoms. The highest BCUT2D eigenvalue weighted by Gasteiger charge is 2.32. The smallest absolute Gasteiger partial charge is 0.207 e. The minimum absolute atomic E-state index is 0.0336. The van der Waals surface area contributed by atoms with Gasteiger partial charge in [-0.05, 0) is 104 Å². The van der Waals surface area contributed by atoms with Gasteiger partial charge < -0.3 is 0 Å². The number of hydrogen-bond acceptors (Lipinski definition) is 4. The first kappa shape index (κ1) is 30.5. The molecular formula is C36H14F8N4. The molecule has 234 valence electrons. The van der Waals surface area contributed by atoms with Gasteiger partial charge in [-0.15, -0.1) is 0 Å². The van der Waals surface area contributed by atoms with E-state index in [4.69, 9.17) is 0 Å². The Bertz CT molecular complexity index is 2510. The van der Waals surface area contributed by atoms with Gasteiger partial charge in [-0.25, -0.2) is 8.78 Å². The first-order valence-corrected chi connectivity index (χ1v) is 13.9. The van der Waals surface area contributed by atoms with Crippen LogP contribution < -0.4 is 10.7 Å². The summed E-state index contributed by atoms with van der Waals surface area (Å²) in [5.41, 5.74) is -1.89. The van der Waals surface area contributed by atoms with Crippen LogP contribution in [0.15, 0.2) is 94.9 Å². The van der Waals surface area contributed by atoms with Crippen molar-refractivity contribution in [2.24, 2.45) is 9.98 Å². The van der Waals surface area contributed by atoms with Crippen LogP contribution >= 0.6 is 0 Å². The predicted molar refractivity (Wildman–Crippen MR) is 162 cm³/mol. The largest absolute Gasteiger partial charge is 0.416 e. The summed E-state index contributed by atoms with van der Waals surface area (Å²) in [6, 6.07) is 17.1. The molecule has 0 aliphatic heterocycles. The van der Waals surface area contributed by atoms with E-state index in [1.165, 1.54) is 24.3 Å². The monoisotopic (exact) mass is 654 g/mol. The van der Waals surface area contributed by atoms with Crippen molar-refractivity contribution in [1.29, 1.82) is 10.5 Å². The van der Waals surface area contributed by atoms with Crippen molar-refractivity contribution >= 4 is 43.1 Å². The Morgan fingerprint density at radius 3 is 1.15 bits per heavy atom. The highest BCUT2D eigenvalue weighted by molar-refractivity contribution is 6.21. The predicted octanol–water partition coefficient (Wildman–Crippen LogP) is 9.59. The van der Waals surface area contributed by atoms with Gasteiger partial charge in [0.2, 0.25) is 12.4 Å². The van der Waals surface area contributed by atoms with Gasteiger partial charge in [0, 0.05) is 21.5 Å². The number of fused-ring (bicyclic) bond motifs is 6. The molecule has 0 aliphatic carbocycles. The zero-order valence-corrected chi connectivity index (χ0v) is 23.9. The average molecular weight is 655 g/mol. The van der Waals surface area contributed by atoms with Gasteiger partial charge in [0.05, 0.1) is 21.8 Å². The first-order chi connectivity index (χ1) is 22.8. The summed E-state index contributed by atoms with van der Waals surface area (Å²) in [4.78, 5) is 8.00. The lowest BCUT2D eigenvalue weighted by molar-refractivity contribution is -0.138. The van der Waals surface area contributed by atoms with Crippen LogP contribution in [0, 0.1) is 34.5 Å². The normalized spacial score (nSPS) is 13.2. The van der Waals surface area contributed by atoms with Crippen LogP contribution in [0.5, 0.6) is 0 Å². The van der Waals surface area contributed by atoms with Crippen molar-refractivity contribution in [2.45, 2.75) is 12.4 Å². The molecule has 0 fully saturated rings. The number of hydrogen-bond donors (Lipinski definition) is 0. The fraction of sp³-hybridized carbons (Fsp3) is 0.0556. The molecule has 0 N–H and O–H groups in total. The molecule has 0 unspecified atom stereocenters. The van der Waals surface area contributed by atoms with Crippen LogP contribution in [0.25, 0.3) is 65.3 Å². The third kappa shape index (κ3) is 4.99. The van der Waals surface area contributed by atoms with E-state index in [0.717, 1.165) is 24.3 Å². The van der Waals surface area contributed by atoms with Gasteiger partial charge in [-0.2, -0.15) is 46.9 Å². The minimum Gasteiger partial charge on any atom is -0.207 e. The second-order valence-corrected chi connectivity index (χ2v) is 11.0. The maximum atomic E-state index is 14.2. The molecule has 7 aromatic rings. The Kier molecular flexibility index (Phi) is 6.81. The van der Waals surface area contributed by atoms with Gasteiger partial charge >= 0.3 is 12.4 Å². The maximum absolute atomic E-state index is 14.2. The SMILES string of the molecule is N#C/N=c1\c2cc(-c3cc(F)cc(C(F)(F)F)c3)ccc2c2cc3/c(=N/C#N)c4cc(-c5cc(F)cc(C(F)(F)F)c5)ccc4c3cc12. The second-order valence-electron chi connectivity index (χ2n) is 11.0. The second kappa shape index (κ2) is 10.7. The number of rotatable bonds is 2. The van der Waals surface area contributed by atoms with E-state index in [2.05, 4.69) is 9.98 Å². The lowest BCUT2D eigenvalue weighted by Gasteiger charge is -2.10. The van der Waals surface area contributed by atoms with Crippen molar-refractivity contribution in [3.63, 3.8) is 0 Å². The van der Waals surface area contributed by atoms with Crippen LogP contribution in [-0.4, -0.2) is 0 Å². The summed E-state index contributed by atoms with van der Waals surface area (Å²) in [5.74, 6) is -2.15. The molecule has 0 saturated heterocycles. The standard InChI is InChI=1S/C36H14F8N4/c37-23-7-19(5-21(11-23)35(39,40)41)17-1-3-25-27-13-32-28(14-31(27)33(47-15-45)29(25)9-17)26-4-2-18(10-30(26)34(32)48-16-46)20-6-22(36(42,43)44)12-24(38)8-20/h1-14H/b47-33+,48-34+. The zero-order chi connectivity index (χ0) is 34.1. The zero-order valence-electron chi connectivity index (χ0n) is 23.9. The molecule has 0 aliphatic rings. The molecular weight excluding hydrogens is 640 g/mol. The average Bonchev–Trinajstić information content (AvgIpc) is 3.49. The molecule has 12 heteroatoms. The number of alkyl halides is 6. The number of halogens is 8. The number of benzene rings is 5. The van der Waals surface area contributed by atoms with Crippen molar-refractivity contribution in [1.82, 2.24) is 0 Å². The van der Waals surface area contributed by atoms with Crippen molar-refractivity contribution in [2.75, 3.05) is 0 Å². The first-order valence-electron chi connectivity index (χ1n) is 13.9. The third-order valence-electron chi connectivity index (χ3n) is 8.24. The van der Waals surface area contributed by atoms with E-state index in [0.29, 0.717) is 55.2 Å². The van der Waals surface area contributed by atoms with Crippen molar-refractivity contribution in [3.8, 4) is 34.6 Å². The Balaban J connectivity index is 1.49. The summed E-state index contributed by atoms with van der Waals surface area (Å²) < 4.78 is 109. The van der Waals surface area contributed by atoms with Gasteiger partial charge in [0.15, 0.2) is 0 Å². The van der Waals surface area contributed by atoms with Crippen LogP contribution in [-0.2, 0) is 12.4 Å². The van der Waals surface area contributed by atoms with Gasteiger partial charge in [0.25, 0.3) is 0 Å². The van der Waals surface area contributed by atoms with E-state index in [9.17, 15) is 45.6 Å².